The van der Waals surface area contributed by atoms with Crippen molar-refractivity contribution in [3.63, 3.8) is 0 Å². The molecule has 1 fully saturated rings. The van der Waals surface area contributed by atoms with Crippen LogP contribution < -0.4 is 20.5 Å². The molecule has 0 saturated carbocycles. The van der Waals surface area contributed by atoms with Gasteiger partial charge in [0.05, 0.1) is 31.1 Å². The fraction of sp³-hybridized carbons (Fsp3) is 0.450. The second kappa shape index (κ2) is 9.65. The van der Waals surface area contributed by atoms with Gasteiger partial charge >= 0.3 is 0 Å². The average molecular weight is 468 g/mol. The van der Waals surface area contributed by atoms with Gasteiger partial charge in [-0.1, -0.05) is 0 Å². The molecular weight excluding hydrogens is 441 g/mol. The molecule has 2 aromatic rings. The van der Waals surface area contributed by atoms with E-state index >= 15 is 0 Å². The Bertz CT molecular complexity index is 1100. The van der Waals surface area contributed by atoms with Crippen molar-refractivity contribution in [3.05, 3.63) is 35.3 Å². The number of sulfonamides is 1. The lowest BCUT2D eigenvalue weighted by Crippen LogP contribution is -2.42. The molecule has 174 valence electrons. The molecule has 10 nitrogen and oxygen atoms in total. The van der Waals surface area contributed by atoms with E-state index < -0.39 is 21.6 Å². The highest BCUT2D eigenvalue weighted by atomic mass is 32.2. The monoisotopic (exact) mass is 467 g/mol. The van der Waals surface area contributed by atoms with Gasteiger partial charge in [0.15, 0.2) is 11.6 Å². The number of ketones is 1. The van der Waals surface area contributed by atoms with Gasteiger partial charge in [-0.3, -0.25) is 4.79 Å². The largest absolute Gasteiger partial charge is 0.496 e. The minimum absolute atomic E-state index is 0.00399. The third kappa shape index (κ3) is 5.25. The maximum atomic E-state index is 14.3. The highest BCUT2D eigenvalue weighted by molar-refractivity contribution is 7.88. The van der Waals surface area contributed by atoms with E-state index in [1.165, 1.54) is 29.9 Å². The Kier molecular flexibility index (Phi) is 7.14. The van der Waals surface area contributed by atoms with E-state index in [1.807, 2.05) is 0 Å². The highest BCUT2D eigenvalue weighted by Gasteiger charge is 2.26. The van der Waals surface area contributed by atoms with Crippen LogP contribution in [0.4, 0.5) is 16.2 Å². The summed E-state index contributed by atoms with van der Waals surface area (Å²) in [6, 6.07) is 2.31. The lowest BCUT2D eigenvalue weighted by molar-refractivity contribution is 0.103. The van der Waals surface area contributed by atoms with E-state index in [0.29, 0.717) is 25.9 Å². The number of anilines is 2. The van der Waals surface area contributed by atoms with E-state index in [2.05, 4.69) is 15.3 Å². The standard InChI is InChI=1S/C20H26FN5O5S/c1-4-31-17-10-16(30-2)13(9-15(17)21)18(27)14-11-23-20(25-19(14)22)24-12-5-7-26(8-6-12)32(3,28)29/h9-12H,4-8H2,1-3H3,(H3,22,23,24,25). The molecule has 0 amide bonds. The predicted molar refractivity (Wildman–Crippen MR) is 117 cm³/mol. The number of hydrogen-bond donors (Lipinski definition) is 2. The SMILES string of the molecule is CCOc1cc(OC)c(C(=O)c2cnc(NC3CCN(S(C)(=O)=O)CC3)nc2N)cc1F. The zero-order valence-corrected chi connectivity index (χ0v) is 18.9. The van der Waals surface area contributed by atoms with Gasteiger partial charge in [0.25, 0.3) is 0 Å². The third-order valence-electron chi connectivity index (χ3n) is 5.12. The van der Waals surface area contributed by atoms with E-state index in [4.69, 9.17) is 15.2 Å². The minimum Gasteiger partial charge on any atom is -0.496 e. The number of rotatable bonds is 8. The first-order valence-electron chi connectivity index (χ1n) is 10.0. The first kappa shape index (κ1) is 23.7. The van der Waals surface area contributed by atoms with Gasteiger partial charge < -0.3 is 20.5 Å². The Morgan fingerprint density at radius 3 is 2.53 bits per heavy atom. The lowest BCUT2D eigenvalue weighted by atomic mass is 10.0. The van der Waals surface area contributed by atoms with Crippen molar-refractivity contribution in [1.82, 2.24) is 14.3 Å². The molecular formula is C20H26FN5O5S. The third-order valence-corrected chi connectivity index (χ3v) is 6.42. The number of nitrogens with one attached hydrogen (secondary N) is 1. The number of methoxy groups -OCH3 is 1. The first-order valence-corrected chi connectivity index (χ1v) is 11.9. The summed E-state index contributed by atoms with van der Waals surface area (Å²) in [5, 5.41) is 3.12. The highest BCUT2D eigenvalue weighted by Crippen LogP contribution is 2.31. The first-order chi connectivity index (χ1) is 15.1. The average Bonchev–Trinajstić information content (AvgIpc) is 2.74. The smallest absolute Gasteiger partial charge is 0.224 e. The van der Waals surface area contributed by atoms with Gasteiger partial charge in [-0.25, -0.2) is 22.1 Å². The molecule has 32 heavy (non-hydrogen) atoms. The molecule has 1 aromatic heterocycles. The van der Waals surface area contributed by atoms with Crippen LogP contribution >= 0.6 is 0 Å². The van der Waals surface area contributed by atoms with Gasteiger partial charge in [-0.2, -0.15) is 4.98 Å². The summed E-state index contributed by atoms with van der Waals surface area (Å²) >= 11 is 0. The Morgan fingerprint density at radius 2 is 1.97 bits per heavy atom. The summed E-state index contributed by atoms with van der Waals surface area (Å²) < 4.78 is 49.4. The quantitative estimate of drug-likeness (QED) is 0.555. The molecule has 3 rings (SSSR count). The van der Waals surface area contributed by atoms with Crippen LogP contribution in [0.5, 0.6) is 11.5 Å². The van der Waals surface area contributed by atoms with Crippen LogP contribution in [-0.4, -0.2) is 67.6 Å². The van der Waals surface area contributed by atoms with Crippen LogP contribution in [0.15, 0.2) is 18.3 Å². The van der Waals surface area contributed by atoms with Crippen molar-refractivity contribution in [1.29, 1.82) is 0 Å². The van der Waals surface area contributed by atoms with E-state index in [0.717, 1.165) is 6.07 Å². The van der Waals surface area contributed by atoms with Crippen LogP contribution in [0, 0.1) is 5.82 Å². The Labute approximate surface area is 186 Å². The number of piperidine rings is 1. The number of hydrogen-bond acceptors (Lipinski definition) is 9. The van der Waals surface area contributed by atoms with Crippen LogP contribution in [-0.2, 0) is 10.0 Å². The summed E-state index contributed by atoms with van der Waals surface area (Å²) in [6.07, 6.45) is 3.62. The zero-order valence-electron chi connectivity index (χ0n) is 18.1. The molecule has 0 bridgehead atoms. The number of carbonyl (C=O) groups excluding carboxylic acids is 1. The predicted octanol–water partition coefficient (Wildman–Crippen LogP) is 1.67. The molecule has 1 aliphatic rings. The number of aromatic nitrogens is 2. The van der Waals surface area contributed by atoms with E-state index in [-0.39, 0.29) is 47.0 Å². The molecule has 2 heterocycles. The van der Waals surface area contributed by atoms with Gasteiger partial charge in [-0.05, 0) is 25.8 Å². The molecule has 0 unspecified atom stereocenters. The zero-order chi connectivity index (χ0) is 23.5. The Morgan fingerprint density at radius 1 is 1.28 bits per heavy atom. The fourth-order valence-corrected chi connectivity index (χ4v) is 4.32. The van der Waals surface area contributed by atoms with Crippen molar-refractivity contribution in [2.45, 2.75) is 25.8 Å². The Hall–Kier alpha value is -2.99. The van der Waals surface area contributed by atoms with E-state index in [9.17, 15) is 17.6 Å². The van der Waals surface area contributed by atoms with Crippen LogP contribution in [0.3, 0.4) is 0 Å². The van der Waals surface area contributed by atoms with Gasteiger partial charge in [0.1, 0.15) is 11.6 Å². The normalized spacial score (nSPS) is 15.4. The van der Waals surface area contributed by atoms with Crippen LogP contribution in [0.1, 0.15) is 35.7 Å². The van der Waals surface area contributed by atoms with Crippen LogP contribution in [0.2, 0.25) is 0 Å². The van der Waals surface area contributed by atoms with Crippen molar-refractivity contribution in [3.8, 4) is 11.5 Å². The number of halogens is 1. The summed E-state index contributed by atoms with van der Waals surface area (Å²) in [4.78, 5) is 21.3. The molecule has 1 aromatic carbocycles. The van der Waals surface area contributed by atoms with Crippen molar-refractivity contribution in [2.75, 3.05) is 44.1 Å². The summed E-state index contributed by atoms with van der Waals surface area (Å²) in [6.45, 7) is 2.76. The van der Waals surface area contributed by atoms with Crippen molar-refractivity contribution >= 4 is 27.6 Å². The van der Waals surface area contributed by atoms with Crippen molar-refractivity contribution in [2.24, 2.45) is 0 Å². The summed E-state index contributed by atoms with van der Waals surface area (Å²) in [7, 11) is -1.85. The molecule has 0 radical (unpaired) electrons. The van der Waals surface area contributed by atoms with E-state index in [1.54, 1.807) is 6.92 Å². The lowest BCUT2D eigenvalue weighted by Gasteiger charge is -2.30. The number of nitrogens with zero attached hydrogens (tertiary/aromatic N) is 3. The molecule has 3 N–H and O–H groups in total. The summed E-state index contributed by atoms with van der Waals surface area (Å²) in [5.74, 6) is -1.02. The topological polar surface area (TPSA) is 137 Å². The summed E-state index contributed by atoms with van der Waals surface area (Å²) in [5.41, 5.74) is 5.97. The molecule has 0 atom stereocenters. The molecule has 0 aliphatic carbocycles. The molecule has 1 aliphatic heterocycles. The van der Waals surface area contributed by atoms with Gasteiger partial charge in [0.2, 0.25) is 21.8 Å². The second-order valence-electron chi connectivity index (χ2n) is 7.32. The molecule has 0 spiro atoms. The number of benzene rings is 1. The number of ether oxygens (including phenoxy) is 2. The number of nitrogen functional groups attached to an aromatic ring is 1. The van der Waals surface area contributed by atoms with Crippen molar-refractivity contribution < 1.29 is 27.1 Å². The maximum absolute atomic E-state index is 14.3. The maximum Gasteiger partial charge on any atom is 0.224 e. The molecule has 12 heteroatoms. The Balaban J connectivity index is 1.76. The second-order valence-corrected chi connectivity index (χ2v) is 9.30. The van der Waals surface area contributed by atoms with Gasteiger partial charge in [-0.15, -0.1) is 0 Å². The van der Waals surface area contributed by atoms with Gasteiger partial charge in [0, 0.05) is 31.4 Å². The number of carbonyl (C=O) groups is 1. The van der Waals surface area contributed by atoms with Crippen LogP contribution in [0.25, 0.3) is 0 Å². The minimum atomic E-state index is -3.21. The number of nitrogens with two attached hydrogens (primary N) is 1. The molecule has 1 saturated heterocycles. The fourth-order valence-electron chi connectivity index (χ4n) is 3.45.